The van der Waals surface area contributed by atoms with E-state index in [0.717, 1.165) is 0 Å². The van der Waals surface area contributed by atoms with Gasteiger partial charge in [0.15, 0.2) is 5.11 Å². The molecular weight excluding hydrogens is 276 g/mol. The first-order valence-electron chi connectivity index (χ1n) is 5.90. The Hall–Kier alpha value is -2.28. The van der Waals surface area contributed by atoms with E-state index in [1.54, 1.807) is 32.1 Å². The number of hydrogen-bond donors (Lipinski definition) is 2. The standard InChI is InChI=1S/C13H16N4O2S/c1-4-7-14-13(20)16-15-10(3)11-6-5-9(2)12(8-11)17(18)19/h4-6,8H,1,7H2,2-3H3,(H2,14,16,20)/b15-10-. The Labute approximate surface area is 122 Å². The maximum absolute atomic E-state index is 10.9. The van der Waals surface area contributed by atoms with Crippen molar-refractivity contribution in [3.63, 3.8) is 0 Å². The van der Waals surface area contributed by atoms with Gasteiger partial charge >= 0.3 is 0 Å². The van der Waals surface area contributed by atoms with Crippen LogP contribution < -0.4 is 10.7 Å². The van der Waals surface area contributed by atoms with Gasteiger partial charge in [0.05, 0.1) is 10.6 Å². The first-order valence-corrected chi connectivity index (χ1v) is 6.31. The smallest absolute Gasteiger partial charge is 0.272 e. The molecule has 0 aliphatic rings. The molecule has 0 aromatic heterocycles. The van der Waals surface area contributed by atoms with E-state index in [9.17, 15) is 10.1 Å². The van der Waals surface area contributed by atoms with Crippen LogP contribution in [0.2, 0.25) is 0 Å². The number of hydrogen-bond acceptors (Lipinski definition) is 4. The molecule has 1 rings (SSSR count). The normalized spacial score (nSPS) is 10.8. The van der Waals surface area contributed by atoms with Gasteiger partial charge in [-0.1, -0.05) is 18.2 Å². The SMILES string of the molecule is C=CCNC(=S)N/N=C(/C)c1ccc(C)c([N+](=O)[O-])c1. The van der Waals surface area contributed by atoms with Crippen molar-refractivity contribution in [2.24, 2.45) is 5.10 Å². The van der Waals surface area contributed by atoms with E-state index < -0.39 is 4.92 Å². The molecule has 0 aliphatic carbocycles. The molecule has 7 heteroatoms. The molecule has 0 unspecified atom stereocenters. The first kappa shape index (κ1) is 15.8. The van der Waals surface area contributed by atoms with Gasteiger partial charge in [-0.15, -0.1) is 6.58 Å². The average Bonchev–Trinajstić information content (AvgIpc) is 2.42. The van der Waals surface area contributed by atoms with Gasteiger partial charge < -0.3 is 5.32 Å². The summed E-state index contributed by atoms with van der Waals surface area (Å²) in [5, 5.41) is 18.2. The van der Waals surface area contributed by atoms with E-state index in [-0.39, 0.29) is 5.69 Å². The number of aryl methyl sites for hydroxylation is 1. The van der Waals surface area contributed by atoms with Crippen LogP contribution in [0.15, 0.2) is 36.0 Å². The number of benzene rings is 1. The zero-order chi connectivity index (χ0) is 15.1. The molecule has 0 saturated heterocycles. The molecular formula is C13H16N4O2S. The molecule has 0 radical (unpaired) electrons. The van der Waals surface area contributed by atoms with Gasteiger partial charge in [0.1, 0.15) is 0 Å². The Morgan fingerprint density at radius 1 is 1.60 bits per heavy atom. The molecule has 2 N–H and O–H groups in total. The van der Waals surface area contributed by atoms with Crippen molar-refractivity contribution >= 4 is 28.7 Å². The van der Waals surface area contributed by atoms with Crippen molar-refractivity contribution in [1.82, 2.24) is 10.7 Å². The molecule has 1 aromatic carbocycles. The van der Waals surface area contributed by atoms with E-state index >= 15 is 0 Å². The van der Waals surface area contributed by atoms with Crippen molar-refractivity contribution < 1.29 is 4.92 Å². The van der Waals surface area contributed by atoms with Gasteiger partial charge in [-0.05, 0) is 26.1 Å². The van der Waals surface area contributed by atoms with Crippen LogP contribution in [0.4, 0.5) is 5.69 Å². The van der Waals surface area contributed by atoms with E-state index in [1.807, 2.05) is 0 Å². The molecule has 0 heterocycles. The minimum atomic E-state index is -0.407. The highest BCUT2D eigenvalue weighted by molar-refractivity contribution is 7.80. The van der Waals surface area contributed by atoms with Crippen LogP contribution in [-0.4, -0.2) is 22.3 Å². The zero-order valence-electron chi connectivity index (χ0n) is 11.3. The Bertz CT molecular complexity index is 569. The van der Waals surface area contributed by atoms with Crippen molar-refractivity contribution in [2.45, 2.75) is 13.8 Å². The monoisotopic (exact) mass is 292 g/mol. The molecule has 1 aromatic rings. The third-order valence-electron chi connectivity index (χ3n) is 2.56. The van der Waals surface area contributed by atoms with Gasteiger partial charge in [0, 0.05) is 23.7 Å². The molecule has 106 valence electrons. The van der Waals surface area contributed by atoms with Crippen LogP contribution in [0, 0.1) is 17.0 Å². The summed E-state index contributed by atoms with van der Waals surface area (Å²) in [4.78, 5) is 10.5. The van der Waals surface area contributed by atoms with Gasteiger partial charge in [0.25, 0.3) is 5.69 Å². The fourth-order valence-corrected chi connectivity index (χ4v) is 1.56. The lowest BCUT2D eigenvalue weighted by molar-refractivity contribution is -0.385. The topological polar surface area (TPSA) is 79.6 Å². The predicted molar refractivity (Wildman–Crippen MR) is 84.0 cm³/mol. The summed E-state index contributed by atoms with van der Waals surface area (Å²) in [7, 11) is 0. The Morgan fingerprint density at radius 3 is 2.90 bits per heavy atom. The van der Waals surface area contributed by atoms with Gasteiger partial charge in [-0.3, -0.25) is 15.5 Å². The highest BCUT2D eigenvalue weighted by Crippen LogP contribution is 2.19. The van der Waals surface area contributed by atoms with Crippen LogP contribution >= 0.6 is 12.2 Å². The fraction of sp³-hybridized carbons (Fsp3) is 0.231. The van der Waals surface area contributed by atoms with Crippen LogP contribution in [-0.2, 0) is 0 Å². The summed E-state index contributed by atoms with van der Waals surface area (Å²) in [5.41, 5.74) is 4.63. The van der Waals surface area contributed by atoms with Crippen molar-refractivity contribution in [3.05, 3.63) is 52.1 Å². The highest BCUT2D eigenvalue weighted by Gasteiger charge is 2.12. The number of nitro benzene ring substituents is 1. The molecule has 0 fully saturated rings. The van der Waals surface area contributed by atoms with Gasteiger partial charge in [0.2, 0.25) is 0 Å². The van der Waals surface area contributed by atoms with Crippen LogP contribution in [0.25, 0.3) is 0 Å². The van der Waals surface area contributed by atoms with Crippen LogP contribution in [0.3, 0.4) is 0 Å². The third kappa shape index (κ3) is 4.43. The molecule has 6 nitrogen and oxygen atoms in total. The number of nitro groups is 1. The Balaban J connectivity index is 2.84. The third-order valence-corrected chi connectivity index (χ3v) is 2.79. The molecule has 0 spiro atoms. The fourth-order valence-electron chi connectivity index (χ4n) is 1.43. The van der Waals surface area contributed by atoms with Crippen molar-refractivity contribution in [1.29, 1.82) is 0 Å². The zero-order valence-corrected chi connectivity index (χ0v) is 12.2. The van der Waals surface area contributed by atoms with E-state index in [4.69, 9.17) is 12.2 Å². The van der Waals surface area contributed by atoms with Crippen molar-refractivity contribution in [3.8, 4) is 0 Å². The second kappa shape index (κ2) is 7.34. The molecule has 0 amide bonds. The van der Waals surface area contributed by atoms with Gasteiger partial charge in [-0.2, -0.15) is 5.10 Å². The molecule has 0 atom stereocenters. The second-order valence-corrected chi connectivity index (χ2v) is 4.47. The quantitative estimate of drug-likeness (QED) is 0.286. The summed E-state index contributed by atoms with van der Waals surface area (Å²) in [5.74, 6) is 0. The molecule has 20 heavy (non-hydrogen) atoms. The predicted octanol–water partition coefficient (Wildman–Crippen LogP) is 2.28. The van der Waals surface area contributed by atoms with E-state index in [2.05, 4.69) is 22.4 Å². The molecule has 0 saturated carbocycles. The lowest BCUT2D eigenvalue weighted by Crippen LogP contribution is -2.32. The van der Waals surface area contributed by atoms with E-state index in [0.29, 0.717) is 28.5 Å². The summed E-state index contributed by atoms with van der Waals surface area (Å²) >= 11 is 4.99. The Morgan fingerprint density at radius 2 is 2.30 bits per heavy atom. The lowest BCUT2D eigenvalue weighted by Gasteiger charge is -2.06. The molecule has 0 bridgehead atoms. The first-order chi connectivity index (χ1) is 9.45. The largest absolute Gasteiger partial charge is 0.358 e. The minimum Gasteiger partial charge on any atom is -0.358 e. The van der Waals surface area contributed by atoms with Gasteiger partial charge in [-0.25, -0.2) is 0 Å². The summed E-state index contributed by atoms with van der Waals surface area (Å²) < 4.78 is 0. The number of nitrogens with zero attached hydrogens (tertiary/aromatic N) is 2. The minimum absolute atomic E-state index is 0.0735. The second-order valence-electron chi connectivity index (χ2n) is 4.07. The average molecular weight is 292 g/mol. The Kier molecular flexibility index (Phi) is 5.79. The lowest BCUT2D eigenvalue weighted by atomic mass is 10.1. The number of rotatable bonds is 5. The summed E-state index contributed by atoms with van der Waals surface area (Å²) in [6.45, 7) is 7.54. The van der Waals surface area contributed by atoms with E-state index in [1.165, 1.54) is 6.07 Å². The van der Waals surface area contributed by atoms with Crippen LogP contribution in [0.1, 0.15) is 18.1 Å². The summed E-state index contributed by atoms with van der Waals surface area (Å²) in [6.07, 6.45) is 1.67. The number of nitrogens with one attached hydrogen (secondary N) is 2. The number of thiocarbonyl (C=S) groups is 1. The van der Waals surface area contributed by atoms with Crippen molar-refractivity contribution in [2.75, 3.05) is 6.54 Å². The summed E-state index contributed by atoms with van der Waals surface area (Å²) in [6, 6.07) is 4.97. The maximum Gasteiger partial charge on any atom is 0.272 e. The molecule has 0 aliphatic heterocycles. The highest BCUT2D eigenvalue weighted by atomic mass is 32.1. The number of hydrazone groups is 1. The maximum atomic E-state index is 10.9. The van der Waals surface area contributed by atoms with Crippen LogP contribution in [0.5, 0.6) is 0 Å².